The molecule has 9 heteroatoms. The summed E-state index contributed by atoms with van der Waals surface area (Å²) in [6.07, 6.45) is 2.83. The largest absolute Gasteiger partial charge is 0.497 e. The predicted molar refractivity (Wildman–Crippen MR) is 139 cm³/mol. The van der Waals surface area contributed by atoms with E-state index in [0.29, 0.717) is 29.0 Å². The second kappa shape index (κ2) is 15.5. The third-order valence-electron chi connectivity index (χ3n) is 5.21. The molecule has 1 N–H and O–H groups in total. The van der Waals surface area contributed by atoms with Crippen molar-refractivity contribution >= 4 is 24.1 Å². The van der Waals surface area contributed by atoms with E-state index in [-0.39, 0.29) is 36.9 Å². The van der Waals surface area contributed by atoms with Crippen molar-refractivity contribution in [1.29, 1.82) is 10.5 Å². The van der Waals surface area contributed by atoms with Crippen LogP contribution in [0.3, 0.4) is 0 Å². The van der Waals surface area contributed by atoms with Gasteiger partial charge in [-0.3, -0.25) is 0 Å². The van der Waals surface area contributed by atoms with Gasteiger partial charge < -0.3 is 24.1 Å². The molecule has 0 aliphatic carbocycles. The van der Waals surface area contributed by atoms with E-state index in [4.69, 9.17) is 18.9 Å². The van der Waals surface area contributed by atoms with Crippen LogP contribution in [0.15, 0.2) is 59.7 Å². The Morgan fingerprint density at radius 1 is 0.842 bits per heavy atom. The summed E-state index contributed by atoms with van der Waals surface area (Å²) in [5.74, 6) is -0.783. The van der Waals surface area contributed by atoms with Crippen LogP contribution in [-0.4, -0.2) is 50.1 Å². The number of carbonyl (C=O) groups is 2. The van der Waals surface area contributed by atoms with Gasteiger partial charge in [0.05, 0.1) is 26.4 Å². The standard InChI is InChI=1S/C29H30N2O7/c1-4-25(32)19-36-27-11-7-22(8-12-27)14-24(16-31)29(34)38-18-20(2)17-37-28(33)23(15-30)13-21-5-9-26(35-3)10-6-21/h5-14,20,25,32H,4,17-19H2,1-3H3/b23-13+,24-14+. The molecule has 2 unspecified atom stereocenters. The van der Waals surface area contributed by atoms with Crippen LogP contribution in [0.1, 0.15) is 31.4 Å². The van der Waals surface area contributed by atoms with E-state index in [2.05, 4.69) is 0 Å². The van der Waals surface area contributed by atoms with Gasteiger partial charge in [0.15, 0.2) is 0 Å². The zero-order chi connectivity index (χ0) is 27.9. The van der Waals surface area contributed by atoms with Gasteiger partial charge in [0, 0.05) is 5.92 Å². The van der Waals surface area contributed by atoms with Crippen LogP contribution in [-0.2, 0) is 19.1 Å². The highest BCUT2D eigenvalue weighted by atomic mass is 16.5. The minimum absolute atomic E-state index is 0.0897. The first kappa shape index (κ1) is 29.6. The Labute approximate surface area is 222 Å². The Morgan fingerprint density at radius 3 is 1.68 bits per heavy atom. The fourth-order valence-electron chi connectivity index (χ4n) is 2.92. The van der Waals surface area contributed by atoms with Gasteiger partial charge >= 0.3 is 11.9 Å². The average molecular weight is 519 g/mol. The van der Waals surface area contributed by atoms with E-state index in [9.17, 15) is 25.2 Å². The van der Waals surface area contributed by atoms with Crippen molar-refractivity contribution in [3.63, 3.8) is 0 Å². The maximum atomic E-state index is 12.4. The molecule has 2 rings (SSSR count). The van der Waals surface area contributed by atoms with Gasteiger partial charge in [-0.2, -0.15) is 10.5 Å². The topological polar surface area (TPSA) is 139 Å². The number of benzene rings is 2. The van der Waals surface area contributed by atoms with E-state index in [1.54, 1.807) is 55.5 Å². The maximum absolute atomic E-state index is 12.4. The molecule has 0 saturated carbocycles. The van der Waals surface area contributed by atoms with Crippen LogP contribution in [0, 0.1) is 28.6 Å². The number of nitrogens with zero attached hydrogens (tertiary/aromatic N) is 2. The van der Waals surface area contributed by atoms with Crippen molar-refractivity contribution < 1.29 is 33.6 Å². The molecular weight excluding hydrogens is 488 g/mol. The highest BCUT2D eigenvalue weighted by molar-refractivity contribution is 5.98. The summed E-state index contributed by atoms with van der Waals surface area (Å²) in [6.45, 7) is 3.54. The van der Waals surface area contributed by atoms with Crippen LogP contribution >= 0.6 is 0 Å². The minimum atomic E-state index is -0.811. The van der Waals surface area contributed by atoms with Crippen LogP contribution in [0.2, 0.25) is 0 Å². The molecule has 0 heterocycles. The molecule has 198 valence electrons. The van der Waals surface area contributed by atoms with Crippen molar-refractivity contribution in [2.24, 2.45) is 5.92 Å². The summed E-state index contributed by atoms with van der Waals surface area (Å²) in [5, 5.41) is 28.3. The number of nitriles is 2. The summed E-state index contributed by atoms with van der Waals surface area (Å²) in [6, 6.07) is 17.1. The SMILES string of the molecule is CCC(O)COc1ccc(/C=C(\C#N)C(=O)OCC(C)COC(=O)/C(C#N)=C/c2ccc(OC)cc2)cc1. The van der Waals surface area contributed by atoms with E-state index < -0.39 is 18.0 Å². The second-order valence-electron chi connectivity index (χ2n) is 8.36. The molecular formula is C29H30N2O7. The lowest BCUT2D eigenvalue weighted by atomic mass is 10.1. The third kappa shape index (κ3) is 9.81. The molecule has 38 heavy (non-hydrogen) atoms. The Morgan fingerprint density at radius 2 is 1.29 bits per heavy atom. The summed E-state index contributed by atoms with van der Waals surface area (Å²) in [5.41, 5.74) is 0.858. The normalized spacial score (nSPS) is 12.9. The van der Waals surface area contributed by atoms with Crippen molar-refractivity contribution in [2.75, 3.05) is 26.9 Å². The molecule has 0 aliphatic heterocycles. The second-order valence-corrected chi connectivity index (χ2v) is 8.36. The van der Waals surface area contributed by atoms with Crippen LogP contribution < -0.4 is 9.47 Å². The Hall–Kier alpha value is -4.60. The highest BCUT2D eigenvalue weighted by Crippen LogP contribution is 2.17. The average Bonchev–Trinajstić information content (AvgIpc) is 2.95. The highest BCUT2D eigenvalue weighted by Gasteiger charge is 2.16. The molecule has 0 spiro atoms. The van der Waals surface area contributed by atoms with Crippen molar-refractivity contribution in [3.8, 4) is 23.6 Å². The van der Waals surface area contributed by atoms with Gasteiger partial charge in [-0.15, -0.1) is 0 Å². The van der Waals surface area contributed by atoms with Crippen molar-refractivity contribution in [2.45, 2.75) is 26.4 Å². The first-order valence-corrected chi connectivity index (χ1v) is 11.9. The Kier molecular flexibility index (Phi) is 12.1. The molecule has 2 aromatic rings. The molecule has 2 aromatic carbocycles. The lowest BCUT2D eigenvalue weighted by Crippen LogP contribution is -2.19. The molecule has 0 bridgehead atoms. The molecule has 9 nitrogen and oxygen atoms in total. The lowest BCUT2D eigenvalue weighted by Gasteiger charge is -2.12. The molecule has 0 aromatic heterocycles. The number of aliphatic hydroxyl groups excluding tert-OH is 1. The number of rotatable bonds is 13. The van der Waals surface area contributed by atoms with Crippen LogP contribution in [0.5, 0.6) is 11.5 Å². The van der Waals surface area contributed by atoms with Crippen molar-refractivity contribution in [3.05, 3.63) is 70.8 Å². The number of aliphatic hydroxyl groups is 1. The molecule has 0 saturated heterocycles. The fraction of sp³-hybridized carbons (Fsp3) is 0.310. The third-order valence-corrected chi connectivity index (χ3v) is 5.21. The van der Waals surface area contributed by atoms with Gasteiger partial charge in [-0.1, -0.05) is 38.1 Å². The van der Waals surface area contributed by atoms with Gasteiger partial charge in [-0.25, -0.2) is 9.59 Å². The van der Waals surface area contributed by atoms with Crippen molar-refractivity contribution in [1.82, 2.24) is 0 Å². The Balaban J connectivity index is 1.86. The van der Waals surface area contributed by atoms with Crippen LogP contribution in [0.4, 0.5) is 0 Å². The molecule has 0 radical (unpaired) electrons. The summed E-state index contributed by atoms with van der Waals surface area (Å²) < 4.78 is 20.9. The van der Waals surface area contributed by atoms with E-state index in [1.807, 2.05) is 19.1 Å². The number of carbonyl (C=O) groups excluding carboxylic acids is 2. The minimum Gasteiger partial charge on any atom is -0.497 e. The van der Waals surface area contributed by atoms with E-state index in [0.717, 1.165) is 0 Å². The lowest BCUT2D eigenvalue weighted by molar-refractivity contribution is -0.143. The molecule has 0 aliphatic rings. The maximum Gasteiger partial charge on any atom is 0.348 e. The molecule has 2 atom stereocenters. The monoisotopic (exact) mass is 518 g/mol. The number of hydrogen-bond donors (Lipinski definition) is 1. The van der Waals surface area contributed by atoms with Gasteiger partial charge in [-0.05, 0) is 54.0 Å². The smallest absolute Gasteiger partial charge is 0.348 e. The zero-order valence-corrected chi connectivity index (χ0v) is 21.5. The molecule has 0 amide bonds. The number of esters is 2. The van der Waals surface area contributed by atoms with Gasteiger partial charge in [0.2, 0.25) is 0 Å². The summed E-state index contributed by atoms with van der Waals surface area (Å²) >= 11 is 0. The quantitative estimate of drug-likeness (QED) is 0.236. The summed E-state index contributed by atoms with van der Waals surface area (Å²) in [7, 11) is 1.54. The van der Waals surface area contributed by atoms with E-state index in [1.165, 1.54) is 19.3 Å². The van der Waals surface area contributed by atoms with E-state index >= 15 is 0 Å². The number of ether oxygens (including phenoxy) is 4. The van der Waals surface area contributed by atoms with Crippen LogP contribution in [0.25, 0.3) is 12.2 Å². The predicted octanol–water partition coefficient (Wildman–Crippen LogP) is 4.08. The molecule has 0 fully saturated rings. The zero-order valence-electron chi connectivity index (χ0n) is 21.5. The number of methoxy groups -OCH3 is 1. The first-order valence-electron chi connectivity index (χ1n) is 11.9. The number of hydrogen-bond acceptors (Lipinski definition) is 9. The Bertz CT molecular complexity index is 1220. The van der Waals surface area contributed by atoms with Gasteiger partial charge in [0.1, 0.15) is 41.4 Å². The fourth-order valence-corrected chi connectivity index (χ4v) is 2.92. The first-order chi connectivity index (χ1) is 18.3. The van der Waals surface area contributed by atoms with Gasteiger partial charge in [0.25, 0.3) is 0 Å². The summed E-state index contributed by atoms with van der Waals surface area (Å²) in [4.78, 5) is 24.7.